The molecule has 0 aliphatic carbocycles. The number of anilines is 1. The fourth-order valence-electron chi connectivity index (χ4n) is 2.97. The van der Waals surface area contributed by atoms with E-state index < -0.39 is 5.82 Å². The molecular weight excluding hydrogens is 361 g/mol. The third-order valence-corrected chi connectivity index (χ3v) is 4.29. The maximum Gasteiger partial charge on any atom is 0.174 e. The monoisotopic (exact) mass is 377 g/mol. The first kappa shape index (κ1) is 17.7. The lowest BCUT2D eigenvalue weighted by atomic mass is 10.0. The first-order valence-electron chi connectivity index (χ1n) is 8.56. The number of hydrogen-bond donors (Lipinski definition) is 1. The molecule has 4 aromatic rings. The second-order valence-electron chi connectivity index (χ2n) is 6.44. The highest BCUT2D eigenvalue weighted by molar-refractivity contribution is 5.85. The van der Waals surface area contributed by atoms with Crippen LogP contribution in [0.1, 0.15) is 17.0 Å². The smallest absolute Gasteiger partial charge is 0.174 e. The highest BCUT2D eigenvalue weighted by atomic mass is 19.1. The number of Topliss-reactive ketones (excluding diaryl/α,β-unsaturated/α-hetero) is 1. The van der Waals surface area contributed by atoms with Crippen molar-refractivity contribution in [1.29, 1.82) is 0 Å². The molecule has 0 spiro atoms. The van der Waals surface area contributed by atoms with Crippen LogP contribution in [0.2, 0.25) is 0 Å². The van der Waals surface area contributed by atoms with E-state index in [1.807, 2.05) is 13.0 Å². The summed E-state index contributed by atoms with van der Waals surface area (Å²) in [5.41, 5.74) is 8.91. The molecule has 0 amide bonds. The van der Waals surface area contributed by atoms with E-state index in [-0.39, 0.29) is 30.3 Å². The molecule has 3 heterocycles. The summed E-state index contributed by atoms with van der Waals surface area (Å²) in [4.78, 5) is 16.5. The number of nitrogens with zero attached hydrogens (tertiary/aromatic N) is 6. The number of benzene rings is 1. The molecule has 8 nitrogen and oxygen atoms in total. The molecule has 0 atom stereocenters. The van der Waals surface area contributed by atoms with Gasteiger partial charge in [0.25, 0.3) is 0 Å². The van der Waals surface area contributed by atoms with Crippen LogP contribution in [0, 0.1) is 12.7 Å². The number of pyridine rings is 1. The highest BCUT2D eigenvalue weighted by Crippen LogP contribution is 2.24. The maximum atomic E-state index is 13.8. The first-order valence-corrected chi connectivity index (χ1v) is 8.56. The molecule has 0 fully saturated rings. The van der Waals surface area contributed by atoms with E-state index in [0.717, 1.165) is 5.56 Å². The molecule has 0 aliphatic rings. The van der Waals surface area contributed by atoms with E-state index in [1.54, 1.807) is 28.9 Å². The number of hydrogen-bond acceptors (Lipinski definition) is 7. The number of rotatable bonds is 5. The third kappa shape index (κ3) is 3.41. The van der Waals surface area contributed by atoms with Crippen molar-refractivity contribution < 1.29 is 9.18 Å². The van der Waals surface area contributed by atoms with Crippen LogP contribution >= 0.6 is 0 Å². The Morgan fingerprint density at radius 3 is 2.82 bits per heavy atom. The zero-order chi connectivity index (χ0) is 19.7. The van der Waals surface area contributed by atoms with Crippen LogP contribution < -0.4 is 5.73 Å². The van der Waals surface area contributed by atoms with Crippen molar-refractivity contribution in [2.75, 3.05) is 5.73 Å². The average molecular weight is 377 g/mol. The number of halogens is 1. The molecule has 9 heteroatoms. The first-order chi connectivity index (χ1) is 13.5. The van der Waals surface area contributed by atoms with E-state index in [0.29, 0.717) is 22.3 Å². The summed E-state index contributed by atoms with van der Waals surface area (Å²) in [5, 5.41) is 15.9. The Labute approximate surface area is 159 Å². The minimum Gasteiger partial charge on any atom is -0.380 e. The standard InChI is InChI=1S/C19H16FN7O/c1-11-4-5-15(20)12(7-11)8-13(28)9-17-22-10-16(23-24-17)14-3-2-6-27-18(14)19(21)25-26-27/h2-7,10H,8-9,21H2,1H3. The minimum atomic E-state index is -0.395. The van der Waals surface area contributed by atoms with Gasteiger partial charge in [-0.3, -0.25) is 4.79 Å². The summed E-state index contributed by atoms with van der Waals surface area (Å²) in [6.07, 6.45) is 3.20. The predicted molar refractivity (Wildman–Crippen MR) is 99.8 cm³/mol. The van der Waals surface area contributed by atoms with Crippen LogP contribution in [0.4, 0.5) is 10.2 Å². The van der Waals surface area contributed by atoms with E-state index in [9.17, 15) is 9.18 Å². The normalized spacial score (nSPS) is 11.1. The van der Waals surface area contributed by atoms with Gasteiger partial charge in [-0.2, -0.15) is 0 Å². The van der Waals surface area contributed by atoms with Crippen molar-refractivity contribution in [3.8, 4) is 11.3 Å². The Balaban J connectivity index is 1.52. The number of fused-ring (bicyclic) bond motifs is 1. The number of carbonyl (C=O) groups is 1. The van der Waals surface area contributed by atoms with Crippen LogP contribution in [-0.4, -0.2) is 35.8 Å². The summed E-state index contributed by atoms with van der Waals surface area (Å²) < 4.78 is 15.4. The van der Waals surface area contributed by atoms with Gasteiger partial charge in [-0.05, 0) is 30.7 Å². The molecule has 0 saturated carbocycles. The lowest BCUT2D eigenvalue weighted by Gasteiger charge is -2.05. The molecule has 1 aromatic carbocycles. The Kier molecular flexibility index (Phi) is 4.48. The fraction of sp³-hybridized carbons (Fsp3) is 0.158. The molecule has 0 saturated heterocycles. The van der Waals surface area contributed by atoms with Gasteiger partial charge in [0.05, 0.1) is 12.6 Å². The molecule has 4 rings (SSSR count). The van der Waals surface area contributed by atoms with Gasteiger partial charge in [-0.1, -0.05) is 22.9 Å². The van der Waals surface area contributed by atoms with Crippen LogP contribution in [0.15, 0.2) is 42.7 Å². The summed E-state index contributed by atoms with van der Waals surface area (Å²) in [5.74, 6) is -0.0379. The van der Waals surface area contributed by atoms with Crippen molar-refractivity contribution in [2.45, 2.75) is 19.8 Å². The van der Waals surface area contributed by atoms with Crippen molar-refractivity contribution in [3.05, 3.63) is 65.5 Å². The van der Waals surface area contributed by atoms with Crippen LogP contribution in [-0.2, 0) is 17.6 Å². The van der Waals surface area contributed by atoms with Gasteiger partial charge in [0.15, 0.2) is 11.6 Å². The molecule has 3 aromatic heterocycles. The number of aromatic nitrogens is 6. The average Bonchev–Trinajstić information content (AvgIpc) is 3.07. The van der Waals surface area contributed by atoms with Crippen LogP contribution in [0.25, 0.3) is 16.8 Å². The van der Waals surface area contributed by atoms with E-state index >= 15 is 0 Å². The van der Waals surface area contributed by atoms with Crippen molar-refractivity contribution in [3.63, 3.8) is 0 Å². The number of nitrogen functional groups attached to an aromatic ring is 1. The van der Waals surface area contributed by atoms with Gasteiger partial charge in [-0.15, -0.1) is 15.3 Å². The molecule has 0 bridgehead atoms. The zero-order valence-electron chi connectivity index (χ0n) is 15.0. The number of carbonyl (C=O) groups excluding carboxylic acids is 1. The van der Waals surface area contributed by atoms with E-state index in [2.05, 4.69) is 25.5 Å². The van der Waals surface area contributed by atoms with Gasteiger partial charge in [0.2, 0.25) is 0 Å². The summed E-state index contributed by atoms with van der Waals surface area (Å²) in [6.45, 7) is 1.85. The number of ketones is 1. The number of aryl methyl sites for hydroxylation is 1. The number of nitrogens with two attached hydrogens (primary N) is 1. The summed E-state index contributed by atoms with van der Waals surface area (Å²) >= 11 is 0. The largest absolute Gasteiger partial charge is 0.380 e. The third-order valence-electron chi connectivity index (χ3n) is 4.29. The quantitative estimate of drug-likeness (QED) is 0.566. The lowest BCUT2D eigenvalue weighted by Crippen LogP contribution is -2.11. The van der Waals surface area contributed by atoms with Gasteiger partial charge in [0, 0.05) is 18.2 Å². The molecule has 0 unspecified atom stereocenters. The SMILES string of the molecule is Cc1ccc(F)c(CC(=O)Cc2ncc(-c3cccn4nnc(N)c34)nn2)c1. The topological polar surface area (TPSA) is 112 Å². The second kappa shape index (κ2) is 7.10. The van der Waals surface area contributed by atoms with Gasteiger partial charge in [-0.25, -0.2) is 13.9 Å². The fourth-order valence-corrected chi connectivity index (χ4v) is 2.97. The predicted octanol–water partition coefficient (Wildman–Crippen LogP) is 1.97. The molecule has 140 valence electrons. The Morgan fingerprint density at radius 1 is 1.18 bits per heavy atom. The molecule has 2 N–H and O–H groups in total. The van der Waals surface area contributed by atoms with E-state index in [1.165, 1.54) is 12.3 Å². The van der Waals surface area contributed by atoms with Crippen molar-refractivity contribution in [2.24, 2.45) is 0 Å². The van der Waals surface area contributed by atoms with Crippen LogP contribution in [0.3, 0.4) is 0 Å². The highest BCUT2D eigenvalue weighted by Gasteiger charge is 2.14. The molecule has 0 aliphatic heterocycles. The summed E-state index contributed by atoms with van der Waals surface area (Å²) in [6, 6.07) is 8.29. The van der Waals surface area contributed by atoms with Crippen LogP contribution in [0.5, 0.6) is 0 Å². The Bertz CT molecular complexity index is 1170. The lowest BCUT2D eigenvalue weighted by molar-refractivity contribution is -0.117. The molecule has 28 heavy (non-hydrogen) atoms. The Morgan fingerprint density at radius 2 is 2.04 bits per heavy atom. The molecular formula is C19H16FN7O. The molecule has 0 radical (unpaired) electrons. The van der Waals surface area contributed by atoms with Crippen molar-refractivity contribution >= 4 is 17.1 Å². The van der Waals surface area contributed by atoms with Gasteiger partial charge >= 0.3 is 0 Å². The van der Waals surface area contributed by atoms with E-state index in [4.69, 9.17) is 5.73 Å². The minimum absolute atomic E-state index is 0.0179. The Hall–Kier alpha value is -3.75. The van der Waals surface area contributed by atoms with Gasteiger partial charge < -0.3 is 5.73 Å². The van der Waals surface area contributed by atoms with Gasteiger partial charge in [0.1, 0.15) is 22.8 Å². The summed E-state index contributed by atoms with van der Waals surface area (Å²) in [7, 11) is 0. The zero-order valence-corrected chi connectivity index (χ0v) is 15.0. The maximum absolute atomic E-state index is 13.8. The van der Waals surface area contributed by atoms with Crippen molar-refractivity contribution in [1.82, 2.24) is 30.0 Å². The second-order valence-corrected chi connectivity index (χ2v) is 6.44.